The highest BCUT2D eigenvalue weighted by molar-refractivity contribution is 5.96. The van der Waals surface area contributed by atoms with Crippen molar-refractivity contribution in [1.29, 1.82) is 0 Å². The van der Waals surface area contributed by atoms with Gasteiger partial charge in [-0.15, -0.1) is 0 Å². The molecule has 170 valence electrons. The maximum absolute atomic E-state index is 12.8. The van der Waals surface area contributed by atoms with Crippen LogP contribution in [0.2, 0.25) is 0 Å². The molecule has 0 saturated carbocycles. The lowest BCUT2D eigenvalue weighted by Crippen LogP contribution is -2.20. The summed E-state index contributed by atoms with van der Waals surface area (Å²) in [5.74, 6) is 0.311. The van der Waals surface area contributed by atoms with Crippen LogP contribution < -0.4 is 5.32 Å². The maximum Gasteiger partial charge on any atom is 0.247 e. The lowest BCUT2D eigenvalue weighted by Gasteiger charge is -2.06. The third kappa shape index (κ3) is 4.45. The van der Waals surface area contributed by atoms with Gasteiger partial charge in [-0.05, 0) is 43.5 Å². The summed E-state index contributed by atoms with van der Waals surface area (Å²) < 4.78 is 3.46. The lowest BCUT2D eigenvalue weighted by molar-refractivity contribution is -0.116. The molecule has 0 unspecified atom stereocenters. The Bertz CT molecular complexity index is 1460. The van der Waals surface area contributed by atoms with Crippen molar-refractivity contribution in [2.45, 2.75) is 33.9 Å². The number of aromatic nitrogens is 5. The van der Waals surface area contributed by atoms with Gasteiger partial charge in [0.1, 0.15) is 6.54 Å². The predicted molar refractivity (Wildman–Crippen MR) is 134 cm³/mol. The lowest BCUT2D eigenvalue weighted by atomic mass is 10.0. The van der Waals surface area contributed by atoms with Crippen LogP contribution >= 0.6 is 0 Å². The molecule has 2 aromatic carbocycles. The van der Waals surface area contributed by atoms with Gasteiger partial charge in [-0.1, -0.05) is 59.7 Å². The molecule has 1 amide bonds. The van der Waals surface area contributed by atoms with Crippen LogP contribution in [0.25, 0.3) is 22.2 Å². The van der Waals surface area contributed by atoms with Crippen LogP contribution in [0.5, 0.6) is 0 Å². The van der Waals surface area contributed by atoms with Crippen LogP contribution in [0.4, 0.5) is 5.82 Å². The van der Waals surface area contributed by atoms with Gasteiger partial charge in [-0.25, -0.2) is 9.67 Å². The molecule has 1 N–H and O–H groups in total. The molecule has 0 radical (unpaired) electrons. The Balaban J connectivity index is 1.32. The molecule has 7 nitrogen and oxygen atoms in total. The summed E-state index contributed by atoms with van der Waals surface area (Å²) in [6.07, 6.45) is 3.62. The number of carbonyl (C=O) groups is 1. The number of nitrogens with one attached hydrogen (secondary N) is 1. The molecule has 0 atom stereocenters. The second-order valence-corrected chi connectivity index (χ2v) is 8.60. The zero-order valence-electron chi connectivity index (χ0n) is 19.5. The zero-order valence-corrected chi connectivity index (χ0v) is 19.5. The van der Waals surface area contributed by atoms with Gasteiger partial charge in [0.15, 0.2) is 11.5 Å². The van der Waals surface area contributed by atoms with E-state index >= 15 is 0 Å². The molecule has 0 bridgehead atoms. The normalized spacial score (nSPS) is 11.1. The Hall–Kier alpha value is -4.26. The molecule has 0 aliphatic carbocycles. The Kier molecular flexibility index (Phi) is 5.67. The van der Waals surface area contributed by atoms with E-state index in [2.05, 4.69) is 82.9 Å². The second kappa shape index (κ2) is 8.94. The summed E-state index contributed by atoms with van der Waals surface area (Å²) in [5.41, 5.74) is 7.27. The van der Waals surface area contributed by atoms with Gasteiger partial charge in [-0.3, -0.25) is 9.48 Å². The number of amides is 1. The third-order valence-electron chi connectivity index (χ3n) is 5.84. The predicted octanol–water partition coefficient (Wildman–Crippen LogP) is 4.91. The number of pyridine rings is 1. The molecule has 0 aliphatic rings. The van der Waals surface area contributed by atoms with Crippen molar-refractivity contribution in [1.82, 2.24) is 24.5 Å². The van der Waals surface area contributed by atoms with Crippen LogP contribution in [0.15, 0.2) is 73.1 Å². The van der Waals surface area contributed by atoms with Crippen molar-refractivity contribution in [2.24, 2.45) is 0 Å². The van der Waals surface area contributed by atoms with E-state index in [4.69, 9.17) is 0 Å². The van der Waals surface area contributed by atoms with Gasteiger partial charge in [-0.2, -0.15) is 10.2 Å². The molecule has 34 heavy (non-hydrogen) atoms. The first-order valence-electron chi connectivity index (χ1n) is 11.2. The molecule has 0 fully saturated rings. The fourth-order valence-electron chi connectivity index (χ4n) is 4.08. The highest BCUT2D eigenvalue weighted by Gasteiger charge is 2.16. The number of carbonyl (C=O) groups excluding carboxylic acids is 1. The van der Waals surface area contributed by atoms with Crippen molar-refractivity contribution in [2.75, 3.05) is 5.32 Å². The summed E-state index contributed by atoms with van der Waals surface area (Å²) in [5, 5.41) is 12.9. The first-order valence-corrected chi connectivity index (χ1v) is 11.2. The minimum atomic E-state index is -0.201. The molecule has 5 rings (SSSR count). The van der Waals surface area contributed by atoms with Gasteiger partial charge < -0.3 is 5.32 Å². The first-order chi connectivity index (χ1) is 16.5. The van der Waals surface area contributed by atoms with E-state index in [1.165, 1.54) is 11.1 Å². The zero-order chi connectivity index (χ0) is 23.7. The van der Waals surface area contributed by atoms with Crippen molar-refractivity contribution in [3.05, 3.63) is 95.4 Å². The van der Waals surface area contributed by atoms with E-state index in [1.807, 2.05) is 23.9 Å². The molecule has 5 aromatic rings. The molecular formula is C27H26N6O. The summed E-state index contributed by atoms with van der Waals surface area (Å²) in [6, 6.07) is 20.5. The Morgan fingerprint density at radius 1 is 0.882 bits per heavy atom. The smallest absolute Gasteiger partial charge is 0.247 e. The quantitative estimate of drug-likeness (QED) is 0.399. The third-order valence-corrected chi connectivity index (χ3v) is 5.84. The Morgan fingerprint density at radius 2 is 1.59 bits per heavy atom. The number of aryl methyl sites for hydroxylation is 3. The van der Waals surface area contributed by atoms with E-state index in [0.29, 0.717) is 18.0 Å². The van der Waals surface area contributed by atoms with Gasteiger partial charge in [0.2, 0.25) is 5.91 Å². The molecule has 3 heterocycles. The minimum Gasteiger partial charge on any atom is -0.308 e. The molecule has 3 aromatic heterocycles. The van der Waals surface area contributed by atoms with Crippen LogP contribution in [0.1, 0.15) is 22.4 Å². The van der Waals surface area contributed by atoms with E-state index in [0.717, 1.165) is 27.8 Å². The number of anilines is 1. The average Bonchev–Trinajstić information content (AvgIpc) is 3.39. The van der Waals surface area contributed by atoms with Crippen molar-refractivity contribution < 1.29 is 4.79 Å². The topological polar surface area (TPSA) is 77.6 Å². The van der Waals surface area contributed by atoms with Crippen LogP contribution in [-0.2, 0) is 17.9 Å². The van der Waals surface area contributed by atoms with Gasteiger partial charge >= 0.3 is 0 Å². The van der Waals surface area contributed by atoms with Gasteiger partial charge in [0.05, 0.1) is 12.2 Å². The molecule has 7 heteroatoms. The molecule has 0 aliphatic heterocycles. The first kappa shape index (κ1) is 21.6. The van der Waals surface area contributed by atoms with E-state index in [9.17, 15) is 4.79 Å². The number of nitrogens with zero attached hydrogens (tertiary/aromatic N) is 5. The second-order valence-electron chi connectivity index (χ2n) is 8.60. The average molecular weight is 451 g/mol. The highest BCUT2D eigenvalue weighted by atomic mass is 16.2. The highest BCUT2D eigenvalue weighted by Crippen LogP contribution is 2.30. The number of rotatable bonds is 6. The number of benzene rings is 2. The largest absolute Gasteiger partial charge is 0.308 e. The fourth-order valence-corrected chi connectivity index (χ4v) is 4.08. The summed E-state index contributed by atoms with van der Waals surface area (Å²) >= 11 is 0. The molecular weight excluding hydrogens is 424 g/mol. The van der Waals surface area contributed by atoms with Crippen molar-refractivity contribution in [3.8, 4) is 11.1 Å². The van der Waals surface area contributed by atoms with Crippen molar-refractivity contribution >= 4 is 22.8 Å². The van der Waals surface area contributed by atoms with Crippen molar-refractivity contribution in [3.63, 3.8) is 0 Å². The fraction of sp³-hybridized carbons (Fsp3) is 0.185. The van der Waals surface area contributed by atoms with E-state index < -0.39 is 0 Å². The molecule has 0 spiro atoms. The van der Waals surface area contributed by atoms with Gasteiger partial charge in [0, 0.05) is 23.8 Å². The Morgan fingerprint density at radius 3 is 2.32 bits per heavy atom. The van der Waals surface area contributed by atoms with Crippen LogP contribution in [-0.4, -0.2) is 30.5 Å². The van der Waals surface area contributed by atoms with Gasteiger partial charge in [0.25, 0.3) is 0 Å². The maximum atomic E-state index is 12.8. The minimum absolute atomic E-state index is 0.0551. The standard InChI is InChI=1S/C27H26N6O/c1-18-4-8-21(9-5-18)16-32-15-13-24(31-32)29-25(34)17-33-27-26(20(3)30-33)23(12-14-28-27)22-10-6-19(2)7-11-22/h4-15H,16-17H2,1-3H3,(H,29,31,34). The molecule has 0 saturated heterocycles. The SMILES string of the molecule is Cc1ccc(Cn2ccc(NC(=O)Cn3nc(C)c4c(-c5ccc(C)cc5)ccnc43)n2)cc1. The number of hydrogen-bond acceptors (Lipinski definition) is 4. The van der Waals surface area contributed by atoms with E-state index in [1.54, 1.807) is 16.9 Å². The summed E-state index contributed by atoms with van der Waals surface area (Å²) in [6.45, 7) is 6.78. The number of fused-ring (bicyclic) bond motifs is 1. The summed E-state index contributed by atoms with van der Waals surface area (Å²) in [4.78, 5) is 17.3. The van der Waals surface area contributed by atoms with E-state index in [-0.39, 0.29) is 12.5 Å². The van der Waals surface area contributed by atoms with Crippen LogP contribution in [0, 0.1) is 20.8 Å². The van der Waals surface area contributed by atoms with Crippen LogP contribution in [0.3, 0.4) is 0 Å². The Labute approximate surface area is 198 Å². The summed E-state index contributed by atoms with van der Waals surface area (Å²) in [7, 11) is 0. The monoisotopic (exact) mass is 450 g/mol. The number of hydrogen-bond donors (Lipinski definition) is 1.